The Kier molecular flexibility index (Phi) is 4.63. The summed E-state index contributed by atoms with van der Waals surface area (Å²) < 4.78 is 1.89. The molecule has 1 saturated heterocycles. The summed E-state index contributed by atoms with van der Waals surface area (Å²) in [6, 6.07) is 9.98. The molecule has 28 heavy (non-hydrogen) atoms. The monoisotopic (exact) mass is 375 g/mol. The second-order valence-corrected chi connectivity index (χ2v) is 8.21. The first kappa shape index (κ1) is 18.2. The van der Waals surface area contributed by atoms with E-state index in [2.05, 4.69) is 47.7 Å². The largest absolute Gasteiger partial charge is 0.355 e. The molecule has 0 aromatic carbocycles. The summed E-state index contributed by atoms with van der Waals surface area (Å²) in [4.78, 5) is 13.7. The van der Waals surface area contributed by atoms with E-state index in [0.29, 0.717) is 5.56 Å². The SMILES string of the molecule is CC(C)(C)c1cn2nc(N3CCCN(c4ccc(C#N)cn4)CC3)ccc2n1. The van der Waals surface area contributed by atoms with Crippen LogP contribution in [-0.4, -0.2) is 45.8 Å². The smallest absolute Gasteiger partial charge is 0.153 e. The summed E-state index contributed by atoms with van der Waals surface area (Å²) in [5, 5.41) is 13.7. The van der Waals surface area contributed by atoms with E-state index >= 15 is 0 Å². The molecular formula is C21H25N7. The van der Waals surface area contributed by atoms with E-state index in [4.69, 9.17) is 15.3 Å². The maximum Gasteiger partial charge on any atom is 0.153 e. The van der Waals surface area contributed by atoms with Crippen LogP contribution in [0.1, 0.15) is 38.4 Å². The van der Waals surface area contributed by atoms with Gasteiger partial charge in [-0.15, -0.1) is 5.10 Å². The van der Waals surface area contributed by atoms with Gasteiger partial charge in [-0.05, 0) is 30.7 Å². The number of anilines is 2. The molecule has 0 amide bonds. The molecule has 3 aromatic heterocycles. The first-order valence-corrected chi connectivity index (χ1v) is 9.67. The van der Waals surface area contributed by atoms with Gasteiger partial charge in [-0.3, -0.25) is 0 Å². The minimum Gasteiger partial charge on any atom is -0.355 e. The van der Waals surface area contributed by atoms with Crippen LogP contribution in [0.5, 0.6) is 0 Å². The molecule has 144 valence electrons. The van der Waals surface area contributed by atoms with Gasteiger partial charge in [0.1, 0.15) is 17.7 Å². The summed E-state index contributed by atoms with van der Waals surface area (Å²) in [5.41, 5.74) is 2.52. The highest BCUT2D eigenvalue weighted by molar-refractivity contribution is 5.48. The van der Waals surface area contributed by atoms with Crippen molar-refractivity contribution >= 4 is 17.3 Å². The van der Waals surface area contributed by atoms with Crippen molar-refractivity contribution in [1.29, 1.82) is 5.26 Å². The van der Waals surface area contributed by atoms with E-state index < -0.39 is 0 Å². The topological polar surface area (TPSA) is 73.3 Å². The number of aromatic nitrogens is 4. The van der Waals surface area contributed by atoms with Crippen molar-refractivity contribution in [2.45, 2.75) is 32.6 Å². The number of pyridine rings is 1. The van der Waals surface area contributed by atoms with Crippen molar-refractivity contribution in [1.82, 2.24) is 19.6 Å². The molecule has 4 rings (SSSR count). The molecule has 0 N–H and O–H groups in total. The standard InChI is InChI=1S/C21H25N7/c1-21(2,3)17-15-28-19(24-17)7-8-20(25-28)27-10-4-9-26(11-12-27)18-6-5-16(13-22)14-23-18/h5-8,14-15H,4,9-12H2,1-3H3. The Morgan fingerprint density at radius 1 is 0.964 bits per heavy atom. The minimum absolute atomic E-state index is 0.00502. The van der Waals surface area contributed by atoms with Crippen molar-refractivity contribution in [3.8, 4) is 6.07 Å². The van der Waals surface area contributed by atoms with Gasteiger partial charge in [0.2, 0.25) is 0 Å². The second-order valence-electron chi connectivity index (χ2n) is 8.21. The number of imidazole rings is 1. The molecular weight excluding hydrogens is 350 g/mol. The van der Waals surface area contributed by atoms with Crippen LogP contribution in [0, 0.1) is 11.3 Å². The van der Waals surface area contributed by atoms with Gasteiger partial charge in [-0.25, -0.2) is 14.5 Å². The normalized spacial score (nSPS) is 15.5. The number of hydrogen-bond acceptors (Lipinski definition) is 6. The fraction of sp³-hybridized carbons (Fsp3) is 0.429. The van der Waals surface area contributed by atoms with Crippen molar-refractivity contribution in [2.24, 2.45) is 0 Å². The van der Waals surface area contributed by atoms with Gasteiger partial charge in [0, 0.05) is 37.8 Å². The van der Waals surface area contributed by atoms with Crippen LogP contribution in [0.25, 0.3) is 5.65 Å². The number of nitriles is 1. The molecule has 1 aliphatic rings. The third kappa shape index (κ3) is 3.63. The van der Waals surface area contributed by atoms with E-state index in [1.165, 1.54) is 0 Å². The van der Waals surface area contributed by atoms with Crippen LogP contribution >= 0.6 is 0 Å². The summed E-state index contributed by atoms with van der Waals surface area (Å²) in [7, 11) is 0. The van der Waals surface area contributed by atoms with Crippen LogP contribution in [0.2, 0.25) is 0 Å². The highest BCUT2D eigenvalue weighted by Crippen LogP contribution is 2.23. The van der Waals surface area contributed by atoms with Gasteiger partial charge in [-0.2, -0.15) is 5.26 Å². The predicted octanol–water partition coefficient (Wildman–Crippen LogP) is 3.01. The van der Waals surface area contributed by atoms with E-state index in [-0.39, 0.29) is 5.41 Å². The fourth-order valence-electron chi connectivity index (χ4n) is 3.42. The molecule has 3 aromatic rings. The Hall–Kier alpha value is -3.14. The zero-order chi connectivity index (χ0) is 19.7. The third-order valence-electron chi connectivity index (χ3n) is 5.10. The fourth-order valence-corrected chi connectivity index (χ4v) is 3.42. The van der Waals surface area contributed by atoms with Crippen molar-refractivity contribution in [3.63, 3.8) is 0 Å². The summed E-state index contributed by atoms with van der Waals surface area (Å²) >= 11 is 0. The van der Waals surface area contributed by atoms with Crippen LogP contribution in [0.4, 0.5) is 11.6 Å². The lowest BCUT2D eigenvalue weighted by Crippen LogP contribution is -2.31. The van der Waals surface area contributed by atoms with Gasteiger partial charge in [0.25, 0.3) is 0 Å². The number of rotatable bonds is 2. The van der Waals surface area contributed by atoms with Gasteiger partial charge < -0.3 is 9.80 Å². The van der Waals surface area contributed by atoms with Crippen molar-refractivity contribution in [2.75, 3.05) is 36.0 Å². The molecule has 4 heterocycles. The lowest BCUT2D eigenvalue weighted by molar-refractivity contribution is 0.572. The maximum absolute atomic E-state index is 8.94. The lowest BCUT2D eigenvalue weighted by Gasteiger charge is -2.23. The third-order valence-corrected chi connectivity index (χ3v) is 5.10. The molecule has 7 heteroatoms. The molecule has 1 fully saturated rings. The Morgan fingerprint density at radius 2 is 1.68 bits per heavy atom. The molecule has 0 aliphatic carbocycles. The molecule has 7 nitrogen and oxygen atoms in total. The first-order valence-electron chi connectivity index (χ1n) is 9.67. The molecule has 0 unspecified atom stereocenters. The lowest BCUT2D eigenvalue weighted by atomic mass is 9.93. The van der Waals surface area contributed by atoms with E-state index in [0.717, 1.165) is 55.6 Å². The highest BCUT2D eigenvalue weighted by Gasteiger charge is 2.20. The van der Waals surface area contributed by atoms with Gasteiger partial charge in [0.05, 0.1) is 17.5 Å². The predicted molar refractivity (Wildman–Crippen MR) is 110 cm³/mol. The molecule has 0 saturated carbocycles. The Bertz CT molecular complexity index is 1010. The highest BCUT2D eigenvalue weighted by atomic mass is 15.3. The number of fused-ring (bicyclic) bond motifs is 1. The van der Waals surface area contributed by atoms with Crippen LogP contribution < -0.4 is 9.80 Å². The molecule has 0 atom stereocenters. The van der Waals surface area contributed by atoms with Crippen LogP contribution in [0.3, 0.4) is 0 Å². The van der Waals surface area contributed by atoms with Crippen molar-refractivity contribution < 1.29 is 0 Å². The zero-order valence-electron chi connectivity index (χ0n) is 16.6. The Labute approximate surface area is 165 Å². The quantitative estimate of drug-likeness (QED) is 0.685. The van der Waals surface area contributed by atoms with Gasteiger partial charge in [-0.1, -0.05) is 20.8 Å². The molecule has 0 radical (unpaired) electrons. The average Bonchev–Trinajstić information content (AvgIpc) is 2.98. The Morgan fingerprint density at radius 3 is 2.32 bits per heavy atom. The minimum atomic E-state index is 0.00502. The summed E-state index contributed by atoms with van der Waals surface area (Å²) in [5.74, 6) is 1.90. The molecule has 1 aliphatic heterocycles. The second kappa shape index (κ2) is 7.12. The number of hydrogen-bond donors (Lipinski definition) is 0. The molecule has 0 bridgehead atoms. The van der Waals surface area contributed by atoms with Crippen LogP contribution in [-0.2, 0) is 5.41 Å². The molecule has 0 spiro atoms. The van der Waals surface area contributed by atoms with E-state index in [1.54, 1.807) is 6.20 Å². The van der Waals surface area contributed by atoms with E-state index in [9.17, 15) is 0 Å². The maximum atomic E-state index is 8.94. The zero-order valence-corrected chi connectivity index (χ0v) is 16.6. The van der Waals surface area contributed by atoms with Gasteiger partial charge in [0.15, 0.2) is 5.65 Å². The summed E-state index contributed by atoms with van der Waals surface area (Å²) in [6.07, 6.45) is 4.70. The first-order chi connectivity index (χ1) is 13.4. The number of nitrogens with zero attached hydrogens (tertiary/aromatic N) is 7. The Balaban J connectivity index is 1.51. The van der Waals surface area contributed by atoms with E-state index in [1.807, 2.05) is 28.9 Å². The van der Waals surface area contributed by atoms with Crippen LogP contribution in [0.15, 0.2) is 36.7 Å². The van der Waals surface area contributed by atoms with Crippen molar-refractivity contribution in [3.05, 3.63) is 47.9 Å². The average molecular weight is 375 g/mol. The van der Waals surface area contributed by atoms with Gasteiger partial charge >= 0.3 is 0 Å². The summed E-state index contributed by atoms with van der Waals surface area (Å²) in [6.45, 7) is 10.1.